The lowest BCUT2D eigenvalue weighted by molar-refractivity contribution is -0.121. The lowest BCUT2D eigenvalue weighted by Gasteiger charge is -2.33. The molecule has 2 heterocycles. The van der Waals surface area contributed by atoms with E-state index >= 15 is 0 Å². The van der Waals surface area contributed by atoms with Crippen LogP contribution in [0, 0.1) is 6.92 Å². The van der Waals surface area contributed by atoms with Crippen molar-refractivity contribution in [2.24, 2.45) is 0 Å². The van der Waals surface area contributed by atoms with E-state index in [1.807, 2.05) is 71.8 Å². The van der Waals surface area contributed by atoms with Gasteiger partial charge in [0.05, 0.1) is 17.2 Å². The van der Waals surface area contributed by atoms with Crippen molar-refractivity contribution in [1.29, 1.82) is 0 Å². The number of aryl methyl sites for hydroxylation is 1. The third-order valence-electron chi connectivity index (χ3n) is 5.19. The van der Waals surface area contributed by atoms with Crippen LogP contribution in [-0.4, -0.2) is 48.8 Å². The van der Waals surface area contributed by atoms with E-state index in [2.05, 4.69) is 10.3 Å². The van der Waals surface area contributed by atoms with E-state index in [1.54, 1.807) is 0 Å². The zero-order valence-electron chi connectivity index (χ0n) is 16.6. The maximum Gasteiger partial charge on any atom is 0.248 e. The second-order valence-corrected chi connectivity index (χ2v) is 10.6. The van der Waals surface area contributed by atoms with Gasteiger partial charge in [0.2, 0.25) is 5.91 Å². The number of carbonyl (C=O) groups excluding carboxylic acids is 1. The molecule has 1 amide bonds. The van der Waals surface area contributed by atoms with Crippen LogP contribution >= 0.6 is 11.3 Å². The third kappa shape index (κ3) is 4.77. The number of aromatic nitrogens is 1. The molecule has 0 saturated carbocycles. The molecule has 6 nitrogen and oxygen atoms in total. The molecule has 3 aromatic rings. The van der Waals surface area contributed by atoms with Crippen LogP contribution in [-0.2, 0) is 14.6 Å². The standard InChI is InChI=1S/C22H23N3O3S2/c1-16-7-9-17(10-8-16)19-15-29-22(23-19)24-21(26)20(18-5-3-2-4-6-18)25-11-13-30(27,28)14-12-25/h2-10,15,20H,11-14H2,1H3,(H,23,24,26). The minimum atomic E-state index is -3.03. The highest BCUT2D eigenvalue weighted by molar-refractivity contribution is 7.91. The van der Waals surface area contributed by atoms with Gasteiger partial charge < -0.3 is 5.32 Å². The van der Waals surface area contributed by atoms with E-state index in [0.29, 0.717) is 18.2 Å². The number of nitrogens with zero attached hydrogens (tertiary/aromatic N) is 2. The lowest BCUT2D eigenvalue weighted by atomic mass is 10.0. The molecule has 1 N–H and O–H groups in total. The molecule has 1 aliphatic heterocycles. The van der Waals surface area contributed by atoms with Gasteiger partial charge in [-0.05, 0) is 12.5 Å². The molecule has 1 saturated heterocycles. The average molecular weight is 442 g/mol. The quantitative estimate of drug-likeness (QED) is 0.655. The Labute approximate surface area is 180 Å². The van der Waals surface area contributed by atoms with E-state index in [0.717, 1.165) is 16.8 Å². The summed E-state index contributed by atoms with van der Waals surface area (Å²) in [6.45, 7) is 2.70. The number of sulfone groups is 1. The number of amides is 1. The molecule has 4 rings (SSSR count). The lowest BCUT2D eigenvalue weighted by Crippen LogP contribution is -2.46. The fourth-order valence-corrected chi connectivity index (χ4v) is 5.46. The Balaban J connectivity index is 1.54. The average Bonchev–Trinajstić information content (AvgIpc) is 3.19. The van der Waals surface area contributed by atoms with Crippen LogP contribution in [0.15, 0.2) is 60.0 Å². The van der Waals surface area contributed by atoms with Crippen LogP contribution in [0.1, 0.15) is 17.2 Å². The van der Waals surface area contributed by atoms with Crippen molar-refractivity contribution in [3.05, 3.63) is 71.1 Å². The minimum Gasteiger partial charge on any atom is -0.300 e. The number of hydrogen-bond donors (Lipinski definition) is 1. The van der Waals surface area contributed by atoms with E-state index in [9.17, 15) is 13.2 Å². The van der Waals surface area contributed by atoms with Crippen molar-refractivity contribution in [2.45, 2.75) is 13.0 Å². The summed E-state index contributed by atoms with van der Waals surface area (Å²) in [5.74, 6) is -0.0676. The SMILES string of the molecule is Cc1ccc(-c2csc(NC(=O)C(c3ccccc3)N3CCS(=O)(=O)CC3)n2)cc1. The molecule has 0 spiro atoms. The molecular weight excluding hydrogens is 418 g/mol. The summed E-state index contributed by atoms with van der Waals surface area (Å²) in [7, 11) is -3.03. The van der Waals surface area contributed by atoms with Crippen molar-refractivity contribution in [3.63, 3.8) is 0 Å². The molecule has 0 radical (unpaired) electrons. The van der Waals surface area contributed by atoms with E-state index in [4.69, 9.17) is 0 Å². The first-order valence-corrected chi connectivity index (χ1v) is 12.4. The van der Waals surface area contributed by atoms with Gasteiger partial charge in [-0.25, -0.2) is 13.4 Å². The maximum atomic E-state index is 13.2. The molecule has 0 aliphatic carbocycles. The normalized spacial score (nSPS) is 17.4. The van der Waals surface area contributed by atoms with E-state index in [1.165, 1.54) is 16.9 Å². The minimum absolute atomic E-state index is 0.0679. The molecule has 0 bridgehead atoms. The molecule has 1 unspecified atom stereocenters. The second kappa shape index (κ2) is 8.67. The van der Waals surface area contributed by atoms with Gasteiger partial charge in [-0.1, -0.05) is 60.2 Å². The van der Waals surface area contributed by atoms with E-state index in [-0.39, 0.29) is 17.4 Å². The van der Waals surface area contributed by atoms with Gasteiger partial charge in [-0.3, -0.25) is 9.69 Å². The number of rotatable bonds is 5. The van der Waals surface area contributed by atoms with Crippen LogP contribution in [0.3, 0.4) is 0 Å². The van der Waals surface area contributed by atoms with Crippen LogP contribution in [0.5, 0.6) is 0 Å². The van der Waals surface area contributed by atoms with Gasteiger partial charge in [-0.2, -0.15) is 0 Å². The van der Waals surface area contributed by atoms with Gasteiger partial charge in [-0.15, -0.1) is 11.3 Å². The van der Waals surface area contributed by atoms with Gasteiger partial charge >= 0.3 is 0 Å². The number of nitrogens with one attached hydrogen (secondary N) is 1. The first-order chi connectivity index (χ1) is 14.4. The predicted octanol–water partition coefficient (Wildman–Crippen LogP) is 3.53. The topological polar surface area (TPSA) is 79.4 Å². The summed E-state index contributed by atoms with van der Waals surface area (Å²) < 4.78 is 23.7. The van der Waals surface area contributed by atoms with Crippen molar-refractivity contribution in [3.8, 4) is 11.3 Å². The van der Waals surface area contributed by atoms with Gasteiger partial charge in [0.15, 0.2) is 15.0 Å². The van der Waals surface area contributed by atoms with Crippen molar-refractivity contribution in [2.75, 3.05) is 29.9 Å². The summed E-state index contributed by atoms with van der Waals surface area (Å²) in [5.41, 5.74) is 3.83. The van der Waals surface area contributed by atoms with Gasteiger partial charge in [0.1, 0.15) is 6.04 Å². The maximum absolute atomic E-state index is 13.2. The summed E-state index contributed by atoms with van der Waals surface area (Å²) >= 11 is 1.38. The number of carbonyl (C=O) groups is 1. The Hall–Kier alpha value is -2.55. The zero-order valence-corrected chi connectivity index (χ0v) is 18.2. The fraction of sp³-hybridized carbons (Fsp3) is 0.273. The largest absolute Gasteiger partial charge is 0.300 e. The molecule has 1 aliphatic rings. The highest BCUT2D eigenvalue weighted by atomic mass is 32.2. The molecule has 1 atom stereocenters. The molecule has 1 fully saturated rings. The Morgan fingerprint density at radius 2 is 1.73 bits per heavy atom. The smallest absolute Gasteiger partial charge is 0.248 e. The third-order valence-corrected chi connectivity index (χ3v) is 7.56. The van der Waals surface area contributed by atoms with Crippen molar-refractivity contribution >= 4 is 32.2 Å². The number of benzene rings is 2. The van der Waals surface area contributed by atoms with E-state index < -0.39 is 15.9 Å². The Kier molecular flexibility index (Phi) is 5.99. The highest BCUT2D eigenvalue weighted by Gasteiger charge is 2.32. The first-order valence-electron chi connectivity index (χ1n) is 9.74. The predicted molar refractivity (Wildman–Crippen MR) is 120 cm³/mol. The molecule has 2 aromatic carbocycles. The van der Waals surface area contributed by atoms with Crippen molar-refractivity contribution in [1.82, 2.24) is 9.88 Å². The molecule has 30 heavy (non-hydrogen) atoms. The number of hydrogen-bond acceptors (Lipinski definition) is 6. The Morgan fingerprint density at radius 1 is 1.07 bits per heavy atom. The van der Waals surface area contributed by atoms with Gasteiger partial charge in [0.25, 0.3) is 0 Å². The molecule has 156 valence electrons. The van der Waals surface area contributed by atoms with Crippen molar-refractivity contribution < 1.29 is 13.2 Å². The summed E-state index contributed by atoms with van der Waals surface area (Å²) in [6.07, 6.45) is 0. The molecular formula is C22H23N3O3S2. The van der Waals surface area contributed by atoms with Crippen LogP contribution in [0.4, 0.5) is 5.13 Å². The van der Waals surface area contributed by atoms with Crippen LogP contribution in [0.2, 0.25) is 0 Å². The van der Waals surface area contributed by atoms with Crippen LogP contribution < -0.4 is 5.32 Å². The van der Waals surface area contributed by atoms with Gasteiger partial charge in [0, 0.05) is 24.0 Å². The Bertz CT molecular complexity index is 1110. The Morgan fingerprint density at radius 3 is 2.40 bits per heavy atom. The second-order valence-electron chi connectivity index (χ2n) is 7.39. The summed E-state index contributed by atoms with van der Waals surface area (Å²) in [4.78, 5) is 19.7. The number of anilines is 1. The monoisotopic (exact) mass is 441 g/mol. The summed E-state index contributed by atoms with van der Waals surface area (Å²) in [6, 6.07) is 17.0. The zero-order chi connectivity index (χ0) is 21.1. The number of thiazole rings is 1. The highest BCUT2D eigenvalue weighted by Crippen LogP contribution is 2.28. The molecule has 8 heteroatoms. The summed E-state index contributed by atoms with van der Waals surface area (Å²) in [5, 5.41) is 5.39. The first kappa shape index (κ1) is 20.7. The fourth-order valence-electron chi connectivity index (χ4n) is 3.51. The van der Waals surface area contributed by atoms with Crippen LogP contribution in [0.25, 0.3) is 11.3 Å². The molecule has 1 aromatic heterocycles.